The Labute approximate surface area is 122 Å². The second kappa shape index (κ2) is 7.33. The van der Waals surface area contributed by atoms with E-state index >= 15 is 0 Å². The van der Waals surface area contributed by atoms with Crippen LogP contribution in [0, 0.1) is 0 Å². The fraction of sp³-hybridized carbons (Fsp3) is 0.429. The number of aliphatic hydroxyl groups is 1. The highest BCUT2D eigenvalue weighted by Gasteiger charge is 2.07. The minimum atomic E-state index is -0.522. The van der Waals surface area contributed by atoms with Crippen LogP contribution in [0.5, 0.6) is 5.75 Å². The number of hydrogen-bond donors (Lipinski definition) is 2. The van der Waals surface area contributed by atoms with Crippen molar-refractivity contribution < 1.29 is 9.84 Å². The van der Waals surface area contributed by atoms with E-state index in [2.05, 4.69) is 14.9 Å². The number of aromatic nitrogens is 2. The molecular weight excluding hydrogens is 274 g/mol. The van der Waals surface area contributed by atoms with Crippen LogP contribution in [0.4, 0.5) is 0 Å². The van der Waals surface area contributed by atoms with Crippen molar-refractivity contribution in [1.82, 2.24) is 14.9 Å². The van der Waals surface area contributed by atoms with Gasteiger partial charge in [-0.2, -0.15) is 0 Å². The van der Waals surface area contributed by atoms with Crippen molar-refractivity contribution >= 4 is 11.5 Å². The summed E-state index contributed by atoms with van der Waals surface area (Å²) in [5.41, 5.74) is 1.02. The normalized spacial score (nSPS) is 12.6. The lowest BCUT2D eigenvalue weighted by atomic mass is 10.2. The molecule has 2 aromatic rings. The molecule has 0 aliphatic carbocycles. The first kappa shape index (κ1) is 14.9. The zero-order valence-electron chi connectivity index (χ0n) is 11.6. The third kappa shape index (κ3) is 4.56. The molecule has 0 radical (unpaired) electrons. The van der Waals surface area contributed by atoms with Gasteiger partial charge in [0.2, 0.25) is 0 Å². The van der Waals surface area contributed by atoms with Gasteiger partial charge in [-0.3, -0.25) is 0 Å². The van der Waals surface area contributed by atoms with Crippen LogP contribution in [-0.2, 0) is 0 Å². The predicted octanol–water partition coefficient (Wildman–Crippen LogP) is 1.94. The van der Waals surface area contributed by atoms with E-state index in [1.54, 1.807) is 6.20 Å². The van der Waals surface area contributed by atoms with Crippen LogP contribution in [0.2, 0.25) is 0 Å². The molecule has 0 aliphatic heterocycles. The van der Waals surface area contributed by atoms with Crippen molar-refractivity contribution in [1.29, 1.82) is 0 Å². The molecule has 0 fully saturated rings. The number of ether oxygens (including phenoxy) is 1. The third-order valence-corrected chi connectivity index (χ3v) is 3.40. The van der Waals surface area contributed by atoms with Crippen LogP contribution < -0.4 is 10.1 Å². The van der Waals surface area contributed by atoms with E-state index in [0.29, 0.717) is 12.6 Å². The van der Waals surface area contributed by atoms with Gasteiger partial charge in [0.05, 0.1) is 11.1 Å². The summed E-state index contributed by atoms with van der Waals surface area (Å²) in [7, 11) is 0. The number of nitrogens with zero attached hydrogens (tertiary/aromatic N) is 2. The van der Waals surface area contributed by atoms with Crippen molar-refractivity contribution in [2.45, 2.75) is 26.0 Å². The van der Waals surface area contributed by atoms with Crippen LogP contribution >= 0.6 is 11.5 Å². The summed E-state index contributed by atoms with van der Waals surface area (Å²) < 4.78 is 9.46. The van der Waals surface area contributed by atoms with E-state index < -0.39 is 6.10 Å². The van der Waals surface area contributed by atoms with Gasteiger partial charge in [0.25, 0.3) is 0 Å². The molecule has 6 heteroatoms. The van der Waals surface area contributed by atoms with Crippen molar-refractivity contribution in [2.24, 2.45) is 0 Å². The van der Waals surface area contributed by atoms with Crippen LogP contribution in [0.25, 0.3) is 10.4 Å². The predicted molar refractivity (Wildman–Crippen MR) is 80.0 cm³/mol. The molecule has 20 heavy (non-hydrogen) atoms. The molecule has 1 unspecified atom stereocenters. The van der Waals surface area contributed by atoms with Crippen LogP contribution in [0.3, 0.4) is 0 Å². The van der Waals surface area contributed by atoms with E-state index in [0.717, 1.165) is 16.2 Å². The molecule has 1 aromatic heterocycles. The van der Waals surface area contributed by atoms with Gasteiger partial charge < -0.3 is 15.2 Å². The largest absolute Gasteiger partial charge is 0.491 e. The van der Waals surface area contributed by atoms with Gasteiger partial charge in [0.1, 0.15) is 18.5 Å². The Morgan fingerprint density at radius 2 is 2.25 bits per heavy atom. The zero-order valence-corrected chi connectivity index (χ0v) is 12.4. The summed E-state index contributed by atoms with van der Waals surface area (Å²) in [6.45, 7) is 4.88. The van der Waals surface area contributed by atoms with Crippen molar-refractivity contribution in [3.8, 4) is 16.2 Å². The van der Waals surface area contributed by atoms with Gasteiger partial charge in [-0.05, 0) is 29.2 Å². The van der Waals surface area contributed by atoms with E-state index in [4.69, 9.17) is 4.74 Å². The lowest BCUT2D eigenvalue weighted by Gasteiger charge is -2.15. The fourth-order valence-electron chi connectivity index (χ4n) is 1.66. The Balaban J connectivity index is 1.89. The summed E-state index contributed by atoms with van der Waals surface area (Å²) in [5.74, 6) is 0.736. The third-order valence-electron chi connectivity index (χ3n) is 2.68. The molecule has 1 aromatic carbocycles. The molecule has 0 aliphatic rings. The quantitative estimate of drug-likeness (QED) is 0.816. The second-order valence-electron chi connectivity index (χ2n) is 4.84. The molecule has 0 spiro atoms. The Morgan fingerprint density at radius 3 is 2.95 bits per heavy atom. The first-order valence-electron chi connectivity index (χ1n) is 6.57. The molecule has 0 bridgehead atoms. The highest BCUT2D eigenvalue weighted by Crippen LogP contribution is 2.25. The minimum absolute atomic E-state index is 0.268. The lowest BCUT2D eigenvalue weighted by molar-refractivity contribution is 0.104. The summed E-state index contributed by atoms with van der Waals surface area (Å²) in [5, 5.41) is 16.8. The number of benzene rings is 1. The molecule has 0 saturated heterocycles. The van der Waals surface area contributed by atoms with Gasteiger partial charge in [-0.25, -0.2) is 0 Å². The summed E-state index contributed by atoms with van der Waals surface area (Å²) in [4.78, 5) is 0.998. The molecular formula is C14H19N3O2S. The summed E-state index contributed by atoms with van der Waals surface area (Å²) in [6, 6.07) is 8.06. The highest BCUT2D eigenvalue weighted by molar-refractivity contribution is 7.09. The Hall–Kier alpha value is -1.50. The zero-order chi connectivity index (χ0) is 14.4. The minimum Gasteiger partial charge on any atom is -0.491 e. The van der Waals surface area contributed by atoms with Gasteiger partial charge >= 0.3 is 0 Å². The van der Waals surface area contributed by atoms with Gasteiger partial charge in [0.15, 0.2) is 0 Å². The smallest absolute Gasteiger partial charge is 0.120 e. The maximum Gasteiger partial charge on any atom is 0.120 e. The van der Waals surface area contributed by atoms with E-state index in [1.165, 1.54) is 11.5 Å². The van der Waals surface area contributed by atoms with Gasteiger partial charge in [-0.15, -0.1) is 5.10 Å². The van der Waals surface area contributed by atoms with E-state index in [1.807, 2.05) is 38.1 Å². The average Bonchev–Trinajstić information content (AvgIpc) is 2.97. The number of rotatable bonds is 7. The Morgan fingerprint density at radius 1 is 1.40 bits per heavy atom. The molecule has 0 saturated carbocycles. The number of hydrogen-bond acceptors (Lipinski definition) is 6. The topological polar surface area (TPSA) is 67.3 Å². The standard InChI is InChI=1S/C14H19N3O2S/c1-10(2)15-7-12(18)9-19-13-5-3-4-11(6-13)14-8-16-17-20-14/h3-6,8,10,12,15,18H,7,9H2,1-2H3. The molecule has 5 nitrogen and oxygen atoms in total. The average molecular weight is 293 g/mol. The van der Waals surface area contributed by atoms with Gasteiger partial charge in [-0.1, -0.05) is 30.5 Å². The fourth-order valence-corrected chi connectivity index (χ4v) is 2.17. The molecule has 0 amide bonds. The maximum atomic E-state index is 9.81. The maximum absolute atomic E-state index is 9.81. The lowest BCUT2D eigenvalue weighted by Crippen LogP contribution is -2.35. The Kier molecular flexibility index (Phi) is 5.46. The molecule has 108 valence electrons. The SMILES string of the molecule is CC(C)NCC(O)COc1cccc(-c2cnns2)c1. The van der Waals surface area contributed by atoms with Crippen LogP contribution in [0.1, 0.15) is 13.8 Å². The summed E-state index contributed by atoms with van der Waals surface area (Å²) >= 11 is 1.34. The van der Waals surface area contributed by atoms with Crippen LogP contribution in [-0.4, -0.2) is 40.0 Å². The van der Waals surface area contributed by atoms with E-state index in [-0.39, 0.29) is 6.61 Å². The molecule has 1 heterocycles. The first-order chi connectivity index (χ1) is 9.65. The molecule has 2 rings (SSSR count). The van der Waals surface area contributed by atoms with Crippen molar-refractivity contribution in [3.63, 3.8) is 0 Å². The monoisotopic (exact) mass is 293 g/mol. The van der Waals surface area contributed by atoms with Crippen molar-refractivity contribution in [2.75, 3.05) is 13.2 Å². The Bertz CT molecular complexity index is 517. The van der Waals surface area contributed by atoms with Crippen molar-refractivity contribution in [3.05, 3.63) is 30.5 Å². The highest BCUT2D eigenvalue weighted by atomic mass is 32.1. The van der Waals surface area contributed by atoms with Crippen LogP contribution in [0.15, 0.2) is 30.5 Å². The number of nitrogens with one attached hydrogen (secondary N) is 1. The summed E-state index contributed by atoms with van der Waals surface area (Å²) in [6.07, 6.45) is 1.21. The first-order valence-corrected chi connectivity index (χ1v) is 7.34. The molecule has 1 atom stereocenters. The molecule has 2 N–H and O–H groups in total. The van der Waals surface area contributed by atoms with Gasteiger partial charge in [0, 0.05) is 12.6 Å². The number of aliphatic hydroxyl groups excluding tert-OH is 1. The second-order valence-corrected chi connectivity index (χ2v) is 5.62. The van der Waals surface area contributed by atoms with E-state index in [9.17, 15) is 5.11 Å².